The molecule has 2 atom stereocenters. The van der Waals surface area contributed by atoms with Crippen LogP contribution in [0.2, 0.25) is 0 Å². The molecule has 18 heavy (non-hydrogen) atoms. The summed E-state index contributed by atoms with van der Waals surface area (Å²) in [5, 5.41) is 17.7. The van der Waals surface area contributed by atoms with Crippen molar-refractivity contribution in [3.63, 3.8) is 0 Å². The maximum atomic E-state index is 12.1. The number of unbranched alkanes of at least 4 members (excludes halogenated alkanes) is 2. The molecular weight excluding hydrogens is 234 g/mol. The van der Waals surface area contributed by atoms with Crippen LogP contribution in [0.4, 0.5) is 0 Å². The highest BCUT2D eigenvalue weighted by Crippen LogP contribution is 2.33. The van der Waals surface area contributed by atoms with Crippen LogP contribution >= 0.6 is 0 Å². The van der Waals surface area contributed by atoms with Gasteiger partial charge < -0.3 is 15.1 Å². The molecule has 0 saturated heterocycles. The summed E-state index contributed by atoms with van der Waals surface area (Å²) in [6.07, 6.45) is 4.63. The number of hydrogen-bond acceptors (Lipinski definition) is 3. The first-order valence-electron chi connectivity index (χ1n) is 6.66. The number of aliphatic carboxylic acids is 1. The summed E-state index contributed by atoms with van der Waals surface area (Å²) in [6.45, 7) is 0.822. The lowest BCUT2D eigenvalue weighted by Gasteiger charge is -2.23. The van der Waals surface area contributed by atoms with Crippen molar-refractivity contribution in [3.05, 3.63) is 0 Å². The zero-order valence-corrected chi connectivity index (χ0v) is 11.0. The number of carboxylic acids is 1. The third-order valence-electron chi connectivity index (χ3n) is 3.68. The van der Waals surface area contributed by atoms with Gasteiger partial charge in [-0.05, 0) is 32.1 Å². The van der Waals surface area contributed by atoms with Gasteiger partial charge in [0, 0.05) is 20.2 Å². The molecule has 0 heterocycles. The molecule has 1 fully saturated rings. The van der Waals surface area contributed by atoms with Gasteiger partial charge in [0.15, 0.2) is 0 Å². The summed E-state index contributed by atoms with van der Waals surface area (Å²) in [5.74, 6) is -1.73. The fourth-order valence-electron chi connectivity index (χ4n) is 2.58. The van der Waals surface area contributed by atoms with Crippen LogP contribution in [0.15, 0.2) is 0 Å². The Hall–Kier alpha value is -1.10. The molecule has 104 valence electrons. The lowest BCUT2D eigenvalue weighted by molar-refractivity contribution is -0.148. The van der Waals surface area contributed by atoms with Gasteiger partial charge in [0.1, 0.15) is 0 Å². The first kappa shape index (κ1) is 15.0. The van der Waals surface area contributed by atoms with E-state index >= 15 is 0 Å². The summed E-state index contributed by atoms with van der Waals surface area (Å²) >= 11 is 0. The van der Waals surface area contributed by atoms with E-state index in [0.29, 0.717) is 19.4 Å². The third kappa shape index (κ3) is 3.98. The molecule has 0 bridgehead atoms. The molecule has 2 unspecified atom stereocenters. The molecular formula is C13H23NO4. The van der Waals surface area contributed by atoms with Crippen LogP contribution in [-0.4, -0.2) is 47.2 Å². The lowest BCUT2D eigenvalue weighted by Crippen LogP contribution is -2.37. The fourth-order valence-corrected chi connectivity index (χ4v) is 2.58. The average molecular weight is 257 g/mol. The molecule has 1 saturated carbocycles. The number of carbonyl (C=O) groups excluding carboxylic acids is 1. The molecule has 0 aliphatic heterocycles. The number of nitrogens with zero attached hydrogens (tertiary/aromatic N) is 1. The zero-order valence-electron chi connectivity index (χ0n) is 11.0. The number of amides is 1. The van der Waals surface area contributed by atoms with E-state index in [4.69, 9.17) is 10.2 Å². The molecule has 0 spiro atoms. The van der Waals surface area contributed by atoms with E-state index in [-0.39, 0.29) is 18.4 Å². The largest absolute Gasteiger partial charge is 0.481 e. The predicted octanol–water partition coefficient (Wildman–Crippen LogP) is 1.11. The quantitative estimate of drug-likeness (QED) is 0.670. The second-order valence-corrected chi connectivity index (χ2v) is 5.03. The van der Waals surface area contributed by atoms with Crippen molar-refractivity contribution in [2.75, 3.05) is 20.2 Å². The molecule has 0 aromatic carbocycles. The molecule has 1 amide bonds. The summed E-state index contributed by atoms with van der Waals surface area (Å²) < 4.78 is 0. The Kier molecular flexibility index (Phi) is 6.12. The van der Waals surface area contributed by atoms with Gasteiger partial charge in [0.2, 0.25) is 5.91 Å². The third-order valence-corrected chi connectivity index (χ3v) is 3.68. The number of aliphatic hydroxyl groups is 1. The fraction of sp³-hybridized carbons (Fsp3) is 0.846. The smallest absolute Gasteiger partial charge is 0.307 e. The minimum absolute atomic E-state index is 0.0381. The van der Waals surface area contributed by atoms with Gasteiger partial charge in [-0.15, -0.1) is 0 Å². The van der Waals surface area contributed by atoms with E-state index in [1.54, 1.807) is 11.9 Å². The van der Waals surface area contributed by atoms with Gasteiger partial charge in [0.25, 0.3) is 0 Å². The Bertz CT molecular complexity index is 293. The van der Waals surface area contributed by atoms with Crippen LogP contribution in [-0.2, 0) is 9.59 Å². The number of carboxylic acid groups (broad SMARTS) is 1. The van der Waals surface area contributed by atoms with Crippen molar-refractivity contribution in [3.8, 4) is 0 Å². The molecule has 1 rings (SSSR count). The first-order chi connectivity index (χ1) is 8.57. The standard InChI is InChI=1S/C13H23NO4/c1-14(8-3-2-4-9-15)12(16)10-6-5-7-11(10)13(17)18/h10-11,15H,2-9H2,1H3,(H,17,18). The molecule has 0 radical (unpaired) electrons. The van der Waals surface area contributed by atoms with E-state index in [9.17, 15) is 9.59 Å². The first-order valence-corrected chi connectivity index (χ1v) is 6.66. The molecule has 5 heteroatoms. The van der Waals surface area contributed by atoms with E-state index in [0.717, 1.165) is 25.7 Å². The van der Waals surface area contributed by atoms with Crippen LogP contribution in [0.25, 0.3) is 0 Å². The Balaban J connectivity index is 2.40. The van der Waals surface area contributed by atoms with Gasteiger partial charge >= 0.3 is 5.97 Å². The summed E-state index contributed by atoms with van der Waals surface area (Å²) in [7, 11) is 1.73. The Labute approximate surface area is 108 Å². The average Bonchev–Trinajstić information content (AvgIpc) is 2.82. The van der Waals surface area contributed by atoms with E-state index < -0.39 is 11.9 Å². The maximum absolute atomic E-state index is 12.1. The number of aliphatic hydroxyl groups excluding tert-OH is 1. The van der Waals surface area contributed by atoms with Crippen LogP contribution in [0.5, 0.6) is 0 Å². The molecule has 1 aliphatic carbocycles. The number of carbonyl (C=O) groups is 2. The molecule has 0 aromatic rings. The van der Waals surface area contributed by atoms with Crippen LogP contribution in [0.1, 0.15) is 38.5 Å². The van der Waals surface area contributed by atoms with E-state index in [2.05, 4.69) is 0 Å². The minimum atomic E-state index is -0.848. The van der Waals surface area contributed by atoms with Crippen molar-refractivity contribution in [1.82, 2.24) is 4.90 Å². The predicted molar refractivity (Wildman–Crippen MR) is 67.0 cm³/mol. The van der Waals surface area contributed by atoms with Gasteiger partial charge in [-0.1, -0.05) is 6.42 Å². The monoisotopic (exact) mass is 257 g/mol. The maximum Gasteiger partial charge on any atom is 0.307 e. The van der Waals surface area contributed by atoms with Crippen molar-refractivity contribution in [1.29, 1.82) is 0 Å². The second kappa shape index (κ2) is 7.36. The highest BCUT2D eigenvalue weighted by Gasteiger charge is 2.38. The van der Waals surface area contributed by atoms with Gasteiger partial charge in [-0.25, -0.2) is 0 Å². The van der Waals surface area contributed by atoms with Gasteiger partial charge in [0.05, 0.1) is 11.8 Å². The normalized spacial score (nSPS) is 23.0. The summed E-state index contributed by atoms with van der Waals surface area (Å²) in [6, 6.07) is 0. The summed E-state index contributed by atoms with van der Waals surface area (Å²) in [4.78, 5) is 24.8. The molecule has 5 nitrogen and oxygen atoms in total. The Morgan fingerprint density at radius 2 is 1.83 bits per heavy atom. The van der Waals surface area contributed by atoms with Crippen LogP contribution in [0.3, 0.4) is 0 Å². The van der Waals surface area contributed by atoms with E-state index in [1.165, 1.54) is 0 Å². The zero-order chi connectivity index (χ0) is 13.5. The summed E-state index contributed by atoms with van der Waals surface area (Å²) in [5.41, 5.74) is 0. The molecule has 1 aliphatic rings. The Morgan fingerprint density at radius 1 is 1.17 bits per heavy atom. The Morgan fingerprint density at radius 3 is 2.44 bits per heavy atom. The minimum Gasteiger partial charge on any atom is -0.481 e. The number of hydrogen-bond donors (Lipinski definition) is 2. The van der Waals surface area contributed by atoms with E-state index in [1.807, 2.05) is 0 Å². The van der Waals surface area contributed by atoms with Crippen molar-refractivity contribution in [2.45, 2.75) is 38.5 Å². The lowest BCUT2D eigenvalue weighted by atomic mass is 9.95. The van der Waals surface area contributed by atoms with Crippen molar-refractivity contribution < 1.29 is 19.8 Å². The van der Waals surface area contributed by atoms with Gasteiger partial charge in [-0.2, -0.15) is 0 Å². The highest BCUT2D eigenvalue weighted by atomic mass is 16.4. The van der Waals surface area contributed by atoms with Crippen molar-refractivity contribution in [2.24, 2.45) is 11.8 Å². The van der Waals surface area contributed by atoms with Crippen molar-refractivity contribution >= 4 is 11.9 Å². The number of rotatable bonds is 7. The highest BCUT2D eigenvalue weighted by molar-refractivity contribution is 5.85. The van der Waals surface area contributed by atoms with Gasteiger partial charge in [-0.3, -0.25) is 9.59 Å². The second-order valence-electron chi connectivity index (χ2n) is 5.03. The molecule has 2 N–H and O–H groups in total. The van der Waals surface area contributed by atoms with Crippen LogP contribution < -0.4 is 0 Å². The SMILES string of the molecule is CN(CCCCCO)C(=O)C1CCCC1C(=O)O. The van der Waals surface area contributed by atoms with Crippen LogP contribution in [0, 0.1) is 11.8 Å². The topological polar surface area (TPSA) is 77.8 Å². The molecule has 0 aromatic heterocycles.